The van der Waals surface area contributed by atoms with Gasteiger partial charge in [-0.05, 0) is 19.8 Å². The fourth-order valence-electron chi connectivity index (χ4n) is 1.75. The lowest BCUT2D eigenvalue weighted by Gasteiger charge is -2.22. The van der Waals surface area contributed by atoms with Crippen LogP contribution in [0, 0.1) is 0 Å². The van der Waals surface area contributed by atoms with Crippen molar-refractivity contribution in [2.45, 2.75) is 32.2 Å². The Morgan fingerprint density at radius 2 is 2.41 bits per heavy atom. The Hall–Kier alpha value is -0.260. The van der Waals surface area contributed by atoms with E-state index in [9.17, 15) is 4.79 Å². The minimum absolute atomic E-state index is 0.168. The highest BCUT2D eigenvalue weighted by atomic mass is 32.2. The van der Waals surface area contributed by atoms with E-state index in [2.05, 4.69) is 10.6 Å². The molecule has 2 N–H and O–H groups in total. The molecule has 1 rings (SSSR count). The van der Waals surface area contributed by atoms with Crippen LogP contribution in [0.15, 0.2) is 0 Å². The van der Waals surface area contributed by atoms with E-state index >= 15 is 0 Å². The molecule has 1 saturated heterocycles. The van der Waals surface area contributed by atoms with Gasteiger partial charge < -0.3 is 15.4 Å². The van der Waals surface area contributed by atoms with Crippen molar-refractivity contribution in [3.05, 3.63) is 0 Å². The van der Waals surface area contributed by atoms with Gasteiger partial charge in [0, 0.05) is 50.3 Å². The Kier molecular flexibility index (Phi) is 8.48. The van der Waals surface area contributed by atoms with Crippen LogP contribution >= 0.6 is 11.8 Å². The second kappa shape index (κ2) is 9.74. The van der Waals surface area contributed by atoms with Gasteiger partial charge in [-0.3, -0.25) is 4.79 Å². The number of unbranched alkanes of at least 4 members (excludes halogenated alkanes) is 1. The predicted octanol–water partition coefficient (Wildman–Crippen LogP) is 1.01. The summed E-state index contributed by atoms with van der Waals surface area (Å²) in [5.41, 5.74) is 0. The number of carbonyl (C=O) groups excluding carboxylic acids is 1. The second-order valence-corrected chi connectivity index (χ2v) is 5.33. The van der Waals surface area contributed by atoms with Crippen molar-refractivity contribution in [1.29, 1.82) is 0 Å². The number of rotatable bonds is 8. The molecule has 1 aliphatic rings. The van der Waals surface area contributed by atoms with Crippen LogP contribution in [0.4, 0.5) is 0 Å². The van der Waals surface area contributed by atoms with Crippen LogP contribution in [0.25, 0.3) is 0 Å². The van der Waals surface area contributed by atoms with Crippen LogP contribution in [0.3, 0.4) is 0 Å². The minimum Gasteiger partial charge on any atom is -0.382 e. The van der Waals surface area contributed by atoms with Crippen LogP contribution in [0.5, 0.6) is 0 Å². The minimum atomic E-state index is 0.168. The van der Waals surface area contributed by atoms with E-state index in [1.165, 1.54) is 0 Å². The first-order valence-corrected chi connectivity index (χ1v) is 7.64. The van der Waals surface area contributed by atoms with Gasteiger partial charge >= 0.3 is 0 Å². The maximum atomic E-state index is 11.6. The van der Waals surface area contributed by atoms with E-state index in [1.807, 2.05) is 18.7 Å². The second-order valence-electron chi connectivity index (χ2n) is 4.18. The first-order chi connectivity index (χ1) is 8.33. The van der Waals surface area contributed by atoms with Crippen LogP contribution in [-0.2, 0) is 9.53 Å². The molecule has 0 aromatic carbocycles. The number of thioether (sulfide) groups is 1. The molecule has 1 fully saturated rings. The van der Waals surface area contributed by atoms with Gasteiger partial charge in [-0.15, -0.1) is 0 Å². The Morgan fingerprint density at radius 3 is 3.12 bits per heavy atom. The van der Waals surface area contributed by atoms with Gasteiger partial charge in [-0.25, -0.2) is 0 Å². The summed E-state index contributed by atoms with van der Waals surface area (Å²) < 4.78 is 5.24. The molecular formula is C12H24N2O2S. The summed E-state index contributed by atoms with van der Waals surface area (Å²) in [6.45, 7) is 5.37. The standard InChI is InChI=1S/C12H24N2O2S/c1-2-16-7-4-3-5-14-12(15)9-11-10-17-8-6-13-11/h11,13H,2-10H2,1H3,(H,14,15). The topological polar surface area (TPSA) is 50.4 Å². The average Bonchev–Trinajstić information content (AvgIpc) is 2.35. The molecule has 1 atom stereocenters. The maximum Gasteiger partial charge on any atom is 0.221 e. The molecule has 5 heteroatoms. The first kappa shape index (κ1) is 14.8. The van der Waals surface area contributed by atoms with Crippen LogP contribution in [0.1, 0.15) is 26.2 Å². The third kappa shape index (κ3) is 7.63. The lowest BCUT2D eigenvalue weighted by Crippen LogP contribution is -2.41. The molecule has 0 spiro atoms. The van der Waals surface area contributed by atoms with Crippen molar-refractivity contribution in [3.63, 3.8) is 0 Å². The Bertz CT molecular complexity index is 209. The fourth-order valence-corrected chi connectivity index (χ4v) is 2.70. The molecular weight excluding hydrogens is 236 g/mol. The summed E-state index contributed by atoms with van der Waals surface area (Å²) in [5.74, 6) is 2.38. The molecule has 0 aromatic heterocycles. The number of nitrogens with one attached hydrogen (secondary N) is 2. The van der Waals surface area contributed by atoms with Gasteiger partial charge in [0.05, 0.1) is 0 Å². The van der Waals surface area contributed by atoms with E-state index in [0.717, 1.165) is 50.7 Å². The van der Waals surface area contributed by atoms with E-state index in [0.29, 0.717) is 12.5 Å². The monoisotopic (exact) mass is 260 g/mol. The maximum absolute atomic E-state index is 11.6. The molecule has 4 nitrogen and oxygen atoms in total. The van der Waals surface area contributed by atoms with Crippen molar-refractivity contribution in [3.8, 4) is 0 Å². The van der Waals surface area contributed by atoms with Gasteiger partial charge in [0.1, 0.15) is 0 Å². The summed E-state index contributed by atoms with van der Waals surface area (Å²) in [7, 11) is 0. The van der Waals surface area contributed by atoms with Gasteiger partial charge in [0.15, 0.2) is 0 Å². The van der Waals surface area contributed by atoms with Crippen LogP contribution in [-0.4, -0.2) is 49.8 Å². The Morgan fingerprint density at radius 1 is 1.53 bits per heavy atom. The SMILES string of the molecule is CCOCCCCNC(=O)CC1CSCCN1. The number of ether oxygens (including phenoxy) is 1. The number of carbonyl (C=O) groups is 1. The van der Waals surface area contributed by atoms with Gasteiger partial charge in [0.2, 0.25) is 5.91 Å². The Labute approximate surface area is 108 Å². The highest BCUT2D eigenvalue weighted by molar-refractivity contribution is 7.99. The first-order valence-electron chi connectivity index (χ1n) is 6.48. The van der Waals surface area contributed by atoms with Gasteiger partial charge in [-0.2, -0.15) is 11.8 Å². The molecule has 0 saturated carbocycles. The molecule has 0 aliphatic carbocycles. The van der Waals surface area contributed by atoms with Gasteiger partial charge in [0.25, 0.3) is 0 Å². The van der Waals surface area contributed by atoms with Gasteiger partial charge in [-0.1, -0.05) is 0 Å². The zero-order chi connectivity index (χ0) is 12.3. The molecule has 0 bridgehead atoms. The van der Waals surface area contributed by atoms with E-state index in [4.69, 9.17) is 4.74 Å². The fraction of sp³-hybridized carbons (Fsp3) is 0.917. The summed E-state index contributed by atoms with van der Waals surface area (Å²) >= 11 is 1.92. The molecule has 1 unspecified atom stereocenters. The molecule has 17 heavy (non-hydrogen) atoms. The van der Waals surface area contributed by atoms with Crippen LogP contribution < -0.4 is 10.6 Å². The molecule has 0 radical (unpaired) electrons. The number of hydrogen-bond acceptors (Lipinski definition) is 4. The summed E-state index contributed by atoms with van der Waals surface area (Å²) in [6.07, 6.45) is 2.63. The van der Waals surface area contributed by atoms with E-state index in [1.54, 1.807) is 0 Å². The quantitative estimate of drug-likeness (QED) is 0.640. The highest BCUT2D eigenvalue weighted by Gasteiger charge is 2.15. The van der Waals surface area contributed by atoms with Crippen LogP contribution in [0.2, 0.25) is 0 Å². The van der Waals surface area contributed by atoms with Crippen molar-refractivity contribution in [1.82, 2.24) is 10.6 Å². The highest BCUT2D eigenvalue weighted by Crippen LogP contribution is 2.09. The molecule has 1 heterocycles. The molecule has 1 aliphatic heterocycles. The van der Waals surface area contributed by atoms with Crippen molar-refractivity contribution in [2.75, 3.05) is 37.8 Å². The zero-order valence-corrected chi connectivity index (χ0v) is 11.5. The average molecular weight is 260 g/mol. The predicted molar refractivity (Wildman–Crippen MR) is 72.5 cm³/mol. The van der Waals surface area contributed by atoms with E-state index in [-0.39, 0.29) is 5.91 Å². The van der Waals surface area contributed by atoms with Crippen molar-refractivity contribution >= 4 is 17.7 Å². The lowest BCUT2D eigenvalue weighted by atomic mass is 10.2. The summed E-state index contributed by atoms with van der Waals surface area (Å²) in [5, 5.41) is 6.33. The largest absolute Gasteiger partial charge is 0.382 e. The molecule has 1 amide bonds. The van der Waals surface area contributed by atoms with Crippen molar-refractivity contribution < 1.29 is 9.53 Å². The van der Waals surface area contributed by atoms with E-state index < -0.39 is 0 Å². The number of hydrogen-bond donors (Lipinski definition) is 2. The summed E-state index contributed by atoms with van der Waals surface area (Å²) in [6, 6.07) is 0.358. The zero-order valence-electron chi connectivity index (χ0n) is 10.7. The van der Waals surface area contributed by atoms with Crippen molar-refractivity contribution in [2.24, 2.45) is 0 Å². The normalized spacial score (nSPS) is 20.2. The smallest absolute Gasteiger partial charge is 0.221 e. The molecule has 0 aromatic rings. The lowest BCUT2D eigenvalue weighted by molar-refractivity contribution is -0.121. The Balaban J connectivity index is 1.93. The third-order valence-electron chi connectivity index (χ3n) is 2.67. The number of amides is 1. The third-order valence-corrected chi connectivity index (χ3v) is 3.80. The summed E-state index contributed by atoms with van der Waals surface area (Å²) in [4.78, 5) is 11.6. The molecule has 100 valence electrons.